The van der Waals surface area contributed by atoms with Crippen molar-refractivity contribution in [1.29, 1.82) is 0 Å². The fourth-order valence-electron chi connectivity index (χ4n) is 7.43. The number of piperazine rings is 1. The molecule has 11 nitrogen and oxygen atoms in total. The van der Waals surface area contributed by atoms with Gasteiger partial charge in [0.2, 0.25) is 0 Å². The summed E-state index contributed by atoms with van der Waals surface area (Å²) in [5.74, 6) is 0.769. The number of carbonyl (C=O) groups excluding carboxylic acids is 1. The lowest BCUT2D eigenvalue weighted by atomic mass is 9.80. The molecule has 2 saturated heterocycles. The molecule has 3 fully saturated rings. The van der Waals surface area contributed by atoms with E-state index in [-0.39, 0.29) is 55.8 Å². The molecule has 0 radical (unpaired) electrons. The average molecular weight is 667 g/mol. The lowest BCUT2D eigenvalue weighted by Gasteiger charge is -2.42. The number of ether oxygens (including phenoxy) is 1. The van der Waals surface area contributed by atoms with Crippen molar-refractivity contribution >= 4 is 22.6 Å². The lowest BCUT2D eigenvalue weighted by molar-refractivity contribution is -0.104. The summed E-state index contributed by atoms with van der Waals surface area (Å²) in [5.41, 5.74) is 1.58. The number of rotatable bonds is 9. The summed E-state index contributed by atoms with van der Waals surface area (Å²) < 4.78 is 28.1. The first kappa shape index (κ1) is 33.5. The van der Waals surface area contributed by atoms with Crippen molar-refractivity contribution in [3.63, 3.8) is 0 Å². The predicted molar refractivity (Wildman–Crippen MR) is 181 cm³/mol. The van der Waals surface area contributed by atoms with Gasteiger partial charge in [0.25, 0.3) is 5.91 Å². The zero-order valence-electron chi connectivity index (χ0n) is 26.7. The molecule has 2 amide bonds. The Kier molecular flexibility index (Phi) is 10.2. The molecule has 2 aliphatic heterocycles. The highest BCUT2D eigenvalue weighted by Crippen LogP contribution is 2.46. The van der Waals surface area contributed by atoms with E-state index >= 15 is 0 Å². The maximum Gasteiger partial charge on any atom is 0.407 e. The van der Waals surface area contributed by atoms with Crippen LogP contribution in [0.15, 0.2) is 67.0 Å². The summed E-state index contributed by atoms with van der Waals surface area (Å²) in [6.07, 6.45) is 5.60. The number of amides is 2. The van der Waals surface area contributed by atoms with Gasteiger partial charge in [-0.1, -0.05) is 73.5 Å². The Bertz CT molecular complexity index is 1510. The van der Waals surface area contributed by atoms with E-state index in [1.165, 1.54) is 4.90 Å². The molecule has 3 aliphatic rings. The predicted octanol–water partition coefficient (Wildman–Crippen LogP) is 5.62. The number of imidazole rings is 1. The highest BCUT2D eigenvalue weighted by molar-refractivity contribution is 8.24. The summed E-state index contributed by atoms with van der Waals surface area (Å²) in [7, 11) is -2.46. The minimum Gasteiger partial charge on any atom is -0.465 e. The van der Waals surface area contributed by atoms with Crippen molar-refractivity contribution < 1.29 is 33.6 Å². The summed E-state index contributed by atoms with van der Waals surface area (Å²) in [6, 6.07) is 18.7. The zero-order valence-corrected chi connectivity index (χ0v) is 27.5. The smallest absolute Gasteiger partial charge is 0.407 e. The number of benzene rings is 2. The Balaban J connectivity index is 1.28. The van der Waals surface area contributed by atoms with Crippen molar-refractivity contribution in [3.05, 3.63) is 78.2 Å². The molecule has 0 spiro atoms. The summed E-state index contributed by atoms with van der Waals surface area (Å²) in [5, 5.41) is 21.9. The van der Waals surface area contributed by atoms with Crippen LogP contribution in [-0.4, -0.2) is 107 Å². The normalized spacial score (nSPS) is 25.8. The minimum absolute atomic E-state index is 0.135. The Labute approximate surface area is 277 Å². The van der Waals surface area contributed by atoms with Gasteiger partial charge in [-0.25, -0.2) is 9.78 Å². The lowest BCUT2D eigenvalue weighted by Crippen LogP contribution is -2.57. The Morgan fingerprint density at radius 1 is 0.957 bits per heavy atom. The van der Waals surface area contributed by atoms with E-state index in [9.17, 15) is 28.9 Å². The molecule has 2 aromatic carbocycles. The first-order chi connectivity index (χ1) is 22.6. The van der Waals surface area contributed by atoms with Crippen LogP contribution in [0.25, 0.3) is 11.3 Å². The van der Waals surface area contributed by atoms with Gasteiger partial charge in [0.05, 0.1) is 30.7 Å². The highest BCUT2D eigenvalue weighted by atomic mass is 32.3. The topological polar surface area (TPSA) is 149 Å². The van der Waals surface area contributed by atoms with Crippen molar-refractivity contribution in [1.82, 2.24) is 19.4 Å². The van der Waals surface area contributed by atoms with E-state index < -0.39 is 22.3 Å². The van der Waals surface area contributed by atoms with E-state index in [1.54, 1.807) is 11.2 Å². The third-order valence-corrected chi connectivity index (χ3v) is 11.9. The van der Waals surface area contributed by atoms with Crippen LogP contribution in [0.4, 0.5) is 4.79 Å². The van der Waals surface area contributed by atoms with Crippen LogP contribution in [0, 0.1) is 5.92 Å². The molecule has 4 N–H and O–H groups in total. The summed E-state index contributed by atoms with van der Waals surface area (Å²) in [4.78, 5) is 34.3. The van der Waals surface area contributed by atoms with Crippen LogP contribution in [0.5, 0.6) is 0 Å². The van der Waals surface area contributed by atoms with Crippen LogP contribution in [-0.2, 0) is 11.2 Å². The largest absolute Gasteiger partial charge is 0.465 e. The molecule has 6 rings (SSSR count). The zero-order chi connectivity index (χ0) is 33.0. The molecular weight excluding hydrogens is 620 g/mol. The Morgan fingerprint density at radius 3 is 2.36 bits per heavy atom. The van der Waals surface area contributed by atoms with Crippen molar-refractivity contribution in [3.8, 4) is 11.3 Å². The maximum atomic E-state index is 14.5. The second kappa shape index (κ2) is 14.4. The number of hydrogen-bond acceptors (Lipinski definition) is 7. The SMILES string of the molecule is O=C(O)N1CCN(C(=O)c2ncn(C3CCCCC3(O)COCC3CCS(O)(O)CC3)c2-c2ccccc2)[C@H](Cc2ccccc2)C1. The van der Waals surface area contributed by atoms with Crippen LogP contribution in [0.1, 0.15) is 60.6 Å². The fraction of sp³-hybridized carbons (Fsp3) is 0.514. The number of hydrogen-bond donors (Lipinski definition) is 4. The second-order valence-corrected chi connectivity index (χ2v) is 15.7. The monoisotopic (exact) mass is 666 g/mol. The maximum absolute atomic E-state index is 14.5. The van der Waals surface area contributed by atoms with Crippen molar-refractivity contribution in [2.45, 2.75) is 62.6 Å². The molecule has 0 bridgehead atoms. The fourth-order valence-corrected chi connectivity index (χ4v) is 9.05. The molecule has 1 aromatic heterocycles. The van der Waals surface area contributed by atoms with Gasteiger partial charge in [-0.05, 0) is 43.6 Å². The molecule has 3 heterocycles. The minimum atomic E-state index is -2.46. The van der Waals surface area contributed by atoms with Gasteiger partial charge >= 0.3 is 6.09 Å². The van der Waals surface area contributed by atoms with E-state index in [4.69, 9.17) is 9.72 Å². The van der Waals surface area contributed by atoms with Crippen LogP contribution >= 0.6 is 10.6 Å². The van der Waals surface area contributed by atoms with Crippen LogP contribution in [0.2, 0.25) is 0 Å². The Hall–Kier alpha value is -3.42. The third-order valence-electron chi connectivity index (χ3n) is 10.1. The number of carbonyl (C=O) groups is 2. The van der Waals surface area contributed by atoms with Gasteiger partial charge in [0.1, 0.15) is 5.60 Å². The molecular formula is C35H46N4O7S. The van der Waals surface area contributed by atoms with Crippen molar-refractivity contribution in [2.75, 3.05) is 44.4 Å². The number of nitrogens with zero attached hydrogens (tertiary/aromatic N) is 4. The standard InChI is InChI=1S/C35H46N4O7S/c40-33(38-18-17-37(34(41)42)22-29(38)21-26-9-3-1-4-10-26)31-32(28-11-5-2-6-12-28)39(25-36-31)30-13-7-8-16-35(30,43)24-46-23-27-14-19-47(44,45)20-15-27/h1-6,9-12,25,27,29-30,43-45H,7-8,13-24H2,(H,41,42)/t29-,30?,35?/m1/s1. The first-order valence-electron chi connectivity index (χ1n) is 16.6. The van der Waals surface area contributed by atoms with Gasteiger partial charge in [-0.3, -0.25) is 13.9 Å². The quantitative estimate of drug-likeness (QED) is 0.230. The molecule has 2 unspecified atom stereocenters. The average Bonchev–Trinajstić information content (AvgIpc) is 3.51. The molecule has 254 valence electrons. The second-order valence-electron chi connectivity index (χ2n) is 13.3. The van der Waals surface area contributed by atoms with E-state index in [0.29, 0.717) is 55.9 Å². The third kappa shape index (κ3) is 7.68. The molecule has 3 atom stereocenters. The molecule has 1 aliphatic carbocycles. The molecule has 1 saturated carbocycles. The van der Waals surface area contributed by atoms with Gasteiger partial charge in [0.15, 0.2) is 5.69 Å². The van der Waals surface area contributed by atoms with Crippen LogP contribution < -0.4 is 0 Å². The summed E-state index contributed by atoms with van der Waals surface area (Å²) in [6.45, 7) is 1.26. The summed E-state index contributed by atoms with van der Waals surface area (Å²) >= 11 is 0. The highest BCUT2D eigenvalue weighted by Gasteiger charge is 2.43. The van der Waals surface area contributed by atoms with E-state index in [1.807, 2.05) is 65.2 Å². The van der Waals surface area contributed by atoms with E-state index in [0.717, 1.165) is 24.0 Å². The number of carboxylic acid groups (broad SMARTS) is 1. The van der Waals surface area contributed by atoms with Gasteiger partial charge < -0.3 is 29.3 Å². The van der Waals surface area contributed by atoms with Crippen LogP contribution in [0.3, 0.4) is 0 Å². The number of aromatic nitrogens is 2. The van der Waals surface area contributed by atoms with E-state index in [2.05, 4.69) is 0 Å². The van der Waals surface area contributed by atoms with Gasteiger partial charge in [-0.2, -0.15) is 10.6 Å². The molecule has 12 heteroatoms. The Morgan fingerprint density at radius 2 is 1.66 bits per heavy atom. The number of aliphatic hydroxyl groups is 1. The molecule has 47 heavy (non-hydrogen) atoms. The first-order valence-corrected chi connectivity index (χ1v) is 18.5. The van der Waals surface area contributed by atoms with Gasteiger partial charge in [-0.15, -0.1) is 0 Å². The van der Waals surface area contributed by atoms with Crippen molar-refractivity contribution in [2.24, 2.45) is 5.92 Å². The molecule has 3 aromatic rings. The van der Waals surface area contributed by atoms with Gasteiger partial charge in [0, 0.05) is 43.3 Å².